The van der Waals surface area contributed by atoms with Gasteiger partial charge in [0.05, 0.1) is 11.2 Å². The van der Waals surface area contributed by atoms with Crippen molar-refractivity contribution < 1.29 is 14.3 Å². The highest BCUT2D eigenvalue weighted by Gasteiger charge is 2.37. The van der Waals surface area contributed by atoms with Crippen LogP contribution in [0, 0.1) is 0 Å². The molecule has 0 atom stereocenters. The molecule has 0 radical (unpaired) electrons. The Kier molecular flexibility index (Phi) is 5.14. The van der Waals surface area contributed by atoms with Crippen LogP contribution < -0.4 is 15.8 Å². The third-order valence-corrected chi connectivity index (χ3v) is 4.04. The van der Waals surface area contributed by atoms with Gasteiger partial charge in [0.15, 0.2) is 6.61 Å². The standard InChI is InChI=1S/C15H20N2O3S/c1-19-15(7-4-8-15)10-17-13(18)9-20-12-6-3-2-5-11(12)14(16)21/h2-3,5-6H,4,7-10H2,1H3,(H2,16,21)(H,17,18). The lowest BCUT2D eigenvalue weighted by atomic mass is 9.80. The van der Waals surface area contributed by atoms with E-state index in [1.807, 2.05) is 12.1 Å². The van der Waals surface area contributed by atoms with Gasteiger partial charge in [-0.2, -0.15) is 0 Å². The minimum Gasteiger partial charge on any atom is -0.483 e. The van der Waals surface area contributed by atoms with E-state index >= 15 is 0 Å². The quantitative estimate of drug-likeness (QED) is 0.745. The first-order valence-corrected chi connectivity index (χ1v) is 7.31. The zero-order chi connectivity index (χ0) is 15.3. The number of nitrogens with one attached hydrogen (secondary N) is 1. The lowest BCUT2D eigenvalue weighted by molar-refractivity contribution is -0.126. The Bertz CT molecular complexity index is 524. The second-order valence-electron chi connectivity index (χ2n) is 5.17. The Hall–Kier alpha value is -1.66. The number of amides is 1. The Morgan fingerprint density at radius 3 is 2.71 bits per heavy atom. The fraction of sp³-hybridized carbons (Fsp3) is 0.467. The molecule has 0 aromatic heterocycles. The van der Waals surface area contributed by atoms with Gasteiger partial charge >= 0.3 is 0 Å². The van der Waals surface area contributed by atoms with E-state index < -0.39 is 0 Å². The molecule has 1 aromatic rings. The van der Waals surface area contributed by atoms with Crippen LogP contribution in [-0.2, 0) is 9.53 Å². The van der Waals surface area contributed by atoms with Gasteiger partial charge in [-0.05, 0) is 31.4 Å². The van der Waals surface area contributed by atoms with E-state index in [1.54, 1.807) is 19.2 Å². The van der Waals surface area contributed by atoms with Crippen molar-refractivity contribution in [1.82, 2.24) is 5.32 Å². The van der Waals surface area contributed by atoms with Crippen molar-refractivity contribution >= 4 is 23.1 Å². The summed E-state index contributed by atoms with van der Waals surface area (Å²) in [6.45, 7) is 0.446. The highest BCUT2D eigenvalue weighted by atomic mass is 32.1. The molecule has 5 nitrogen and oxygen atoms in total. The Labute approximate surface area is 129 Å². The van der Waals surface area contributed by atoms with E-state index in [9.17, 15) is 4.79 Å². The number of para-hydroxylation sites is 1. The molecule has 1 saturated carbocycles. The number of ether oxygens (including phenoxy) is 2. The summed E-state index contributed by atoms with van der Waals surface area (Å²) in [6, 6.07) is 7.14. The van der Waals surface area contributed by atoms with Gasteiger partial charge in [-0.3, -0.25) is 4.79 Å². The maximum Gasteiger partial charge on any atom is 0.258 e. The van der Waals surface area contributed by atoms with E-state index in [0.717, 1.165) is 19.3 Å². The van der Waals surface area contributed by atoms with Crippen LogP contribution in [-0.4, -0.2) is 36.8 Å². The average molecular weight is 308 g/mol. The first-order chi connectivity index (χ1) is 10.1. The van der Waals surface area contributed by atoms with Crippen LogP contribution in [0.4, 0.5) is 0 Å². The van der Waals surface area contributed by atoms with Crippen LogP contribution in [0.25, 0.3) is 0 Å². The third kappa shape index (κ3) is 3.92. The molecule has 2 rings (SSSR count). The molecule has 1 aliphatic rings. The smallest absolute Gasteiger partial charge is 0.258 e. The topological polar surface area (TPSA) is 73.6 Å². The van der Waals surface area contributed by atoms with Crippen molar-refractivity contribution in [3.8, 4) is 5.75 Å². The van der Waals surface area contributed by atoms with E-state index in [4.69, 9.17) is 27.4 Å². The first-order valence-electron chi connectivity index (χ1n) is 6.90. The Balaban J connectivity index is 1.83. The lowest BCUT2D eigenvalue weighted by Gasteiger charge is -2.40. The number of methoxy groups -OCH3 is 1. The van der Waals surface area contributed by atoms with Gasteiger partial charge < -0.3 is 20.5 Å². The zero-order valence-corrected chi connectivity index (χ0v) is 12.9. The molecule has 0 bridgehead atoms. The van der Waals surface area contributed by atoms with Gasteiger partial charge in [-0.25, -0.2) is 0 Å². The minimum atomic E-state index is -0.188. The fourth-order valence-electron chi connectivity index (χ4n) is 2.27. The van der Waals surface area contributed by atoms with Crippen LogP contribution in [0.3, 0.4) is 0 Å². The maximum absolute atomic E-state index is 11.8. The molecule has 0 unspecified atom stereocenters. The Morgan fingerprint density at radius 1 is 1.43 bits per heavy atom. The molecule has 0 heterocycles. The van der Waals surface area contributed by atoms with Crippen molar-refractivity contribution in [2.45, 2.75) is 24.9 Å². The Morgan fingerprint density at radius 2 is 2.14 bits per heavy atom. The fourth-order valence-corrected chi connectivity index (χ4v) is 2.44. The molecule has 114 valence electrons. The normalized spacial score (nSPS) is 15.9. The molecule has 0 saturated heterocycles. The van der Waals surface area contributed by atoms with Crippen molar-refractivity contribution in [3.63, 3.8) is 0 Å². The first kappa shape index (κ1) is 15.7. The molecule has 0 aliphatic heterocycles. The molecule has 1 fully saturated rings. The summed E-state index contributed by atoms with van der Waals surface area (Å²) in [6.07, 6.45) is 3.10. The van der Waals surface area contributed by atoms with Crippen LogP contribution >= 0.6 is 12.2 Å². The number of carbonyl (C=O) groups excluding carboxylic acids is 1. The van der Waals surface area contributed by atoms with Crippen LogP contribution in [0.2, 0.25) is 0 Å². The van der Waals surface area contributed by atoms with Gasteiger partial charge in [-0.1, -0.05) is 24.4 Å². The second kappa shape index (κ2) is 6.87. The number of benzene rings is 1. The highest BCUT2D eigenvalue weighted by molar-refractivity contribution is 7.80. The summed E-state index contributed by atoms with van der Waals surface area (Å²) in [5.41, 5.74) is 6.06. The van der Waals surface area contributed by atoms with Crippen molar-refractivity contribution in [3.05, 3.63) is 29.8 Å². The van der Waals surface area contributed by atoms with Gasteiger partial charge in [0.25, 0.3) is 5.91 Å². The second-order valence-corrected chi connectivity index (χ2v) is 5.61. The molecular weight excluding hydrogens is 288 g/mol. The SMILES string of the molecule is COC1(CNC(=O)COc2ccccc2C(N)=S)CCC1. The van der Waals surface area contributed by atoms with Gasteiger partial charge in [0, 0.05) is 13.7 Å². The molecule has 1 aliphatic carbocycles. The van der Waals surface area contributed by atoms with Crippen LogP contribution in [0.5, 0.6) is 5.75 Å². The summed E-state index contributed by atoms with van der Waals surface area (Å²) in [5, 5.41) is 2.84. The molecule has 6 heteroatoms. The van der Waals surface area contributed by atoms with Crippen LogP contribution in [0.15, 0.2) is 24.3 Å². The number of thiocarbonyl (C=S) groups is 1. The highest BCUT2D eigenvalue weighted by Crippen LogP contribution is 2.34. The molecule has 0 spiro atoms. The van der Waals surface area contributed by atoms with Gasteiger partial charge in [0.1, 0.15) is 10.7 Å². The molecule has 1 aromatic carbocycles. The molecule has 3 N–H and O–H groups in total. The molecule has 21 heavy (non-hydrogen) atoms. The number of rotatable bonds is 7. The number of hydrogen-bond acceptors (Lipinski definition) is 4. The zero-order valence-electron chi connectivity index (χ0n) is 12.1. The third-order valence-electron chi connectivity index (χ3n) is 3.82. The van der Waals surface area contributed by atoms with Crippen LogP contribution in [0.1, 0.15) is 24.8 Å². The van der Waals surface area contributed by atoms with Crippen molar-refractivity contribution in [2.24, 2.45) is 5.73 Å². The summed E-state index contributed by atoms with van der Waals surface area (Å²) in [5.74, 6) is 0.335. The lowest BCUT2D eigenvalue weighted by Crippen LogP contribution is -2.50. The number of nitrogens with two attached hydrogens (primary N) is 1. The van der Waals surface area contributed by atoms with Gasteiger partial charge in [-0.15, -0.1) is 0 Å². The predicted molar refractivity (Wildman–Crippen MR) is 84.4 cm³/mol. The van der Waals surface area contributed by atoms with E-state index in [-0.39, 0.29) is 23.1 Å². The largest absolute Gasteiger partial charge is 0.483 e. The van der Waals surface area contributed by atoms with Gasteiger partial charge in [0.2, 0.25) is 0 Å². The number of hydrogen-bond donors (Lipinski definition) is 2. The van der Waals surface area contributed by atoms with Crippen molar-refractivity contribution in [1.29, 1.82) is 0 Å². The summed E-state index contributed by atoms with van der Waals surface area (Å²) < 4.78 is 10.9. The van der Waals surface area contributed by atoms with Crippen molar-refractivity contribution in [2.75, 3.05) is 20.3 Å². The van der Waals surface area contributed by atoms with E-state index in [2.05, 4.69) is 5.32 Å². The summed E-state index contributed by atoms with van der Waals surface area (Å²) >= 11 is 4.95. The molecular formula is C15H20N2O3S. The van der Waals surface area contributed by atoms with E-state index in [0.29, 0.717) is 17.9 Å². The minimum absolute atomic E-state index is 0.0700. The summed E-state index contributed by atoms with van der Waals surface area (Å²) in [4.78, 5) is 12.1. The maximum atomic E-state index is 11.8. The number of carbonyl (C=O) groups is 1. The monoisotopic (exact) mass is 308 g/mol. The average Bonchev–Trinajstić information content (AvgIpc) is 2.44. The van der Waals surface area contributed by atoms with E-state index in [1.165, 1.54) is 0 Å². The molecule has 1 amide bonds. The summed E-state index contributed by atoms with van der Waals surface area (Å²) in [7, 11) is 1.68. The predicted octanol–water partition coefficient (Wildman–Crippen LogP) is 1.38.